The molecule has 1 heterocycles. The normalized spacial score (nSPS) is 25.7. The van der Waals surface area contributed by atoms with Crippen molar-refractivity contribution in [3.05, 3.63) is 35.9 Å². The van der Waals surface area contributed by atoms with Gasteiger partial charge in [-0.3, -0.25) is 10.1 Å². The number of nitrogens with one attached hydrogen (secondary N) is 1. The van der Waals surface area contributed by atoms with E-state index in [0.29, 0.717) is 0 Å². The highest BCUT2D eigenvalue weighted by atomic mass is 16.2. The van der Waals surface area contributed by atoms with Crippen LogP contribution in [0.15, 0.2) is 30.3 Å². The van der Waals surface area contributed by atoms with Gasteiger partial charge in [-0.25, -0.2) is 0 Å². The minimum Gasteiger partial charge on any atom is -0.323 e. The summed E-state index contributed by atoms with van der Waals surface area (Å²) in [5.74, 6) is 0.182. The van der Waals surface area contributed by atoms with Crippen LogP contribution in [-0.2, 0) is 4.79 Å². The van der Waals surface area contributed by atoms with Crippen LogP contribution in [0.5, 0.6) is 0 Å². The maximum absolute atomic E-state index is 12.7. The van der Waals surface area contributed by atoms with Crippen molar-refractivity contribution in [3.8, 4) is 0 Å². The Bertz CT molecular complexity index is 450. The Morgan fingerprint density at radius 1 is 1.21 bits per heavy atom. The van der Waals surface area contributed by atoms with E-state index in [4.69, 9.17) is 0 Å². The van der Waals surface area contributed by atoms with Crippen LogP contribution in [0.4, 0.5) is 0 Å². The highest BCUT2D eigenvalue weighted by molar-refractivity contribution is 5.86. The zero-order chi connectivity index (χ0) is 14.2. The second kappa shape index (κ2) is 4.97. The molecule has 3 heteroatoms. The smallest absolute Gasteiger partial charge is 0.245 e. The molecule has 1 amide bonds. The fourth-order valence-electron chi connectivity index (χ4n) is 2.56. The summed E-state index contributed by atoms with van der Waals surface area (Å²) >= 11 is 0. The van der Waals surface area contributed by atoms with Crippen LogP contribution in [0, 0.1) is 5.41 Å². The fourth-order valence-corrected chi connectivity index (χ4v) is 2.56. The topological polar surface area (TPSA) is 32.3 Å². The monoisotopic (exact) mass is 260 g/mol. The minimum absolute atomic E-state index is 0.0759. The molecule has 1 fully saturated rings. The maximum Gasteiger partial charge on any atom is 0.245 e. The first-order valence-corrected chi connectivity index (χ1v) is 6.95. The number of benzene rings is 1. The van der Waals surface area contributed by atoms with Crippen molar-refractivity contribution in [2.45, 2.75) is 52.9 Å². The summed E-state index contributed by atoms with van der Waals surface area (Å²) < 4.78 is 0. The largest absolute Gasteiger partial charge is 0.323 e. The van der Waals surface area contributed by atoms with Gasteiger partial charge in [-0.1, -0.05) is 51.1 Å². The lowest BCUT2D eigenvalue weighted by atomic mass is 9.86. The molecule has 0 spiro atoms. The van der Waals surface area contributed by atoms with Crippen molar-refractivity contribution in [2.75, 3.05) is 0 Å². The molecular formula is C16H24N2O. The standard InChI is InChI=1S/C16H24N2O/c1-11(16(3,4)5)18-12(2)17-14(15(18)19)13-9-7-6-8-10-13/h6-12,14,17H,1-5H3. The Labute approximate surface area is 116 Å². The summed E-state index contributed by atoms with van der Waals surface area (Å²) in [5, 5.41) is 3.40. The van der Waals surface area contributed by atoms with Crippen LogP contribution in [-0.4, -0.2) is 23.0 Å². The highest BCUT2D eigenvalue weighted by Gasteiger charge is 2.42. The molecule has 1 aromatic rings. The van der Waals surface area contributed by atoms with Crippen LogP contribution in [0.1, 0.15) is 46.2 Å². The van der Waals surface area contributed by atoms with E-state index in [1.54, 1.807) is 0 Å². The van der Waals surface area contributed by atoms with E-state index in [1.807, 2.05) is 35.2 Å². The van der Waals surface area contributed by atoms with Crippen molar-refractivity contribution in [1.82, 2.24) is 10.2 Å². The van der Waals surface area contributed by atoms with E-state index in [1.165, 1.54) is 0 Å². The molecule has 3 nitrogen and oxygen atoms in total. The molecule has 0 radical (unpaired) electrons. The SMILES string of the molecule is CC1NC(c2ccccc2)C(=O)N1C(C)C(C)(C)C. The summed E-state index contributed by atoms with van der Waals surface area (Å²) in [4.78, 5) is 14.7. The lowest BCUT2D eigenvalue weighted by Gasteiger charge is -2.37. The Hall–Kier alpha value is -1.35. The first-order valence-electron chi connectivity index (χ1n) is 6.95. The Morgan fingerprint density at radius 3 is 2.32 bits per heavy atom. The van der Waals surface area contributed by atoms with E-state index >= 15 is 0 Å². The molecule has 0 bridgehead atoms. The molecule has 1 saturated heterocycles. The fraction of sp³-hybridized carbons (Fsp3) is 0.562. The number of hydrogen-bond acceptors (Lipinski definition) is 2. The first kappa shape index (κ1) is 14.1. The minimum atomic E-state index is -0.207. The third-order valence-electron chi connectivity index (χ3n) is 4.13. The zero-order valence-corrected chi connectivity index (χ0v) is 12.5. The molecule has 3 unspecified atom stereocenters. The van der Waals surface area contributed by atoms with Gasteiger partial charge in [0.1, 0.15) is 6.04 Å². The average Bonchev–Trinajstić information content (AvgIpc) is 2.64. The van der Waals surface area contributed by atoms with Gasteiger partial charge in [-0.2, -0.15) is 0 Å². The van der Waals surface area contributed by atoms with Crippen molar-refractivity contribution < 1.29 is 4.79 Å². The molecule has 1 aliphatic rings. The van der Waals surface area contributed by atoms with Gasteiger partial charge in [0.05, 0.1) is 6.17 Å². The predicted octanol–water partition coefficient (Wildman–Crippen LogP) is 2.94. The number of amides is 1. The number of hydrogen-bond donors (Lipinski definition) is 1. The molecule has 2 rings (SSSR count). The van der Waals surface area contributed by atoms with E-state index in [9.17, 15) is 4.79 Å². The molecule has 0 saturated carbocycles. The summed E-state index contributed by atoms with van der Waals surface area (Å²) in [6.07, 6.45) is 0.0759. The van der Waals surface area contributed by atoms with Gasteiger partial charge in [-0.15, -0.1) is 0 Å². The lowest BCUT2D eigenvalue weighted by Crippen LogP contribution is -2.47. The second-order valence-corrected chi connectivity index (χ2v) is 6.47. The summed E-state index contributed by atoms with van der Waals surface area (Å²) in [7, 11) is 0. The quantitative estimate of drug-likeness (QED) is 0.886. The Kier molecular flexibility index (Phi) is 3.68. The number of nitrogens with zero attached hydrogens (tertiary/aromatic N) is 1. The van der Waals surface area contributed by atoms with Gasteiger partial charge in [0.25, 0.3) is 0 Å². The van der Waals surface area contributed by atoms with E-state index in [0.717, 1.165) is 5.56 Å². The third-order valence-corrected chi connectivity index (χ3v) is 4.13. The number of carbonyl (C=O) groups excluding carboxylic acids is 1. The van der Waals surface area contributed by atoms with Crippen LogP contribution in [0.2, 0.25) is 0 Å². The Balaban J connectivity index is 2.24. The molecule has 1 aliphatic heterocycles. The average molecular weight is 260 g/mol. The summed E-state index contributed by atoms with van der Waals surface area (Å²) in [6.45, 7) is 10.7. The van der Waals surface area contributed by atoms with Crippen LogP contribution in [0.3, 0.4) is 0 Å². The number of carbonyl (C=O) groups is 1. The lowest BCUT2D eigenvalue weighted by molar-refractivity contribution is -0.134. The van der Waals surface area contributed by atoms with E-state index in [-0.39, 0.29) is 29.6 Å². The first-order chi connectivity index (χ1) is 8.82. The molecule has 104 valence electrons. The summed E-state index contributed by atoms with van der Waals surface area (Å²) in [5.41, 5.74) is 1.12. The predicted molar refractivity (Wildman–Crippen MR) is 77.5 cm³/mol. The second-order valence-electron chi connectivity index (χ2n) is 6.47. The van der Waals surface area contributed by atoms with Gasteiger partial charge in [0.15, 0.2) is 0 Å². The van der Waals surface area contributed by atoms with Crippen molar-refractivity contribution in [1.29, 1.82) is 0 Å². The number of rotatable bonds is 2. The molecule has 3 atom stereocenters. The van der Waals surface area contributed by atoms with Gasteiger partial charge >= 0.3 is 0 Å². The van der Waals surface area contributed by atoms with Crippen molar-refractivity contribution in [3.63, 3.8) is 0 Å². The molecular weight excluding hydrogens is 236 g/mol. The van der Waals surface area contributed by atoms with Gasteiger partial charge < -0.3 is 4.90 Å². The van der Waals surface area contributed by atoms with Crippen LogP contribution >= 0.6 is 0 Å². The van der Waals surface area contributed by atoms with Crippen molar-refractivity contribution >= 4 is 5.91 Å². The Morgan fingerprint density at radius 2 is 1.79 bits per heavy atom. The third kappa shape index (κ3) is 2.66. The molecule has 1 N–H and O–H groups in total. The molecule has 0 aliphatic carbocycles. The summed E-state index contributed by atoms with van der Waals surface area (Å²) in [6, 6.07) is 9.94. The highest BCUT2D eigenvalue weighted by Crippen LogP contribution is 2.32. The van der Waals surface area contributed by atoms with Gasteiger partial charge in [-0.05, 0) is 24.8 Å². The van der Waals surface area contributed by atoms with Crippen molar-refractivity contribution in [2.24, 2.45) is 5.41 Å². The zero-order valence-electron chi connectivity index (χ0n) is 12.5. The maximum atomic E-state index is 12.7. The van der Waals surface area contributed by atoms with E-state index in [2.05, 4.69) is 39.9 Å². The molecule has 0 aromatic heterocycles. The van der Waals surface area contributed by atoms with E-state index < -0.39 is 0 Å². The molecule has 1 aromatic carbocycles. The molecule has 19 heavy (non-hydrogen) atoms. The van der Waals surface area contributed by atoms with Gasteiger partial charge in [0.2, 0.25) is 5.91 Å². The van der Waals surface area contributed by atoms with Crippen LogP contribution < -0.4 is 5.32 Å². The van der Waals surface area contributed by atoms with Gasteiger partial charge in [0, 0.05) is 6.04 Å². The van der Waals surface area contributed by atoms with Crippen LogP contribution in [0.25, 0.3) is 0 Å².